The highest BCUT2D eigenvalue weighted by atomic mass is 32.2. The molecule has 1 amide bonds. The number of nitro groups is 1. The Morgan fingerprint density at radius 1 is 1.24 bits per heavy atom. The van der Waals surface area contributed by atoms with Gasteiger partial charge in [-0.2, -0.15) is 0 Å². The fourth-order valence-electron chi connectivity index (χ4n) is 2.32. The van der Waals surface area contributed by atoms with E-state index in [1.54, 1.807) is 19.1 Å². The molecule has 0 bridgehead atoms. The van der Waals surface area contributed by atoms with Gasteiger partial charge in [-0.25, -0.2) is 0 Å². The predicted molar refractivity (Wildman–Crippen MR) is 97.1 cm³/mol. The topological polar surface area (TPSA) is 83.7 Å². The van der Waals surface area contributed by atoms with Crippen molar-refractivity contribution in [3.8, 4) is 0 Å². The summed E-state index contributed by atoms with van der Waals surface area (Å²) in [5, 5.41) is 20.5. The summed E-state index contributed by atoms with van der Waals surface area (Å²) in [6, 6.07) is 12.2. The average molecular weight is 360 g/mol. The fourth-order valence-corrected chi connectivity index (χ4v) is 3.22. The highest BCUT2D eigenvalue weighted by Crippen LogP contribution is 2.35. The zero-order chi connectivity index (χ0) is 18.4. The van der Waals surface area contributed by atoms with Crippen LogP contribution in [0.1, 0.15) is 22.8 Å². The first-order valence-electron chi connectivity index (χ1n) is 7.89. The molecule has 0 saturated carbocycles. The average Bonchev–Trinajstić information content (AvgIpc) is 2.61. The molecule has 0 aromatic heterocycles. The third kappa shape index (κ3) is 4.80. The largest absolute Gasteiger partial charge is 0.395 e. The van der Waals surface area contributed by atoms with Gasteiger partial charge in [-0.3, -0.25) is 14.9 Å². The van der Waals surface area contributed by atoms with Crippen molar-refractivity contribution < 1.29 is 14.8 Å². The third-order valence-electron chi connectivity index (χ3n) is 3.69. The minimum atomic E-state index is -0.477. The number of nitro benzene ring substituents is 1. The number of aliphatic hydroxyl groups excluding tert-OH is 1. The Bertz CT molecular complexity index is 762. The molecule has 2 aromatic carbocycles. The molecule has 0 heterocycles. The van der Waals surface area contributed by atoms with Gasteiger partial charge in [0.25, 0.3) is 11.6 Å². The zero-order valence-electron chi connectivity index (χ0n) is 14.1. The monoisotopic (exact) mass is 360 g/mol. The Kier molecular flexibility index (Phi) is 6.55. The maximum absolute atomic E-state index is 12.4. The first-order chi connectivity index (χ1) is 12.0. The van der Waals surface area contributed by atoms with Crippen LogP contribution in [0, 0.1) is 17.0 Å². The predicted octanol–water partition coefficient (Wildman–Crippen LogP) is 3.51. The van der Waals surface area contributed by atoms with Crippen molar-refractivity contribution in [3.05, 3.63) is 63.7 Å². The smallest absolute Gasteiger partial charge is 0.284 e. The molecule has 0 aliphatic rings. The summed E-state index contributed by atoms with van der Waals surface area (Å²) in [6.45, 7) is 4.24. The van der Waals surface area contributed by atoms with Gasteiger partial charge in [0.1, 0.15) is 0 Å². The molecule has 25 heavy (non-hydrogen) atoms. The van der Waals surface area contributed by atoms with Crippen LogP contribution < -0.4 is 0 Å². The van der Waals surface area contributed by atoms with Gasteiger partial charge in [0, 0.05) is 29.6 Å². The highest BCUT2D eigenvalue weighted by Gasteiger charge is 2.21. The minimum absolute atomic E-state index is 0.100. The third-order valence-corrected chi connectivity index (χ3v) is 4.76. The number of carbonyl (C=O) groups excluding carboxylic acids is 1. The Hall–Kier alpha value is -2.38. The summed E-state index contributed by atoms with van der Waals surface area (Å²) in [5.74, 6) is -0.327. The van der Waals surface area contributed by atoms with Crippen LogP contribution in [-0.4, -0.2) is 40.5 Å². The van der Waals surface area contributed by atoms with Crippen molar-refractivity contribution in [3.63, 3.8) is 0 Å². The summed E-state index contributed by atoms with van der Waals surface area (Å²) < 4.78 is 0. The fraction of sp³-hybridized carbons (Fsp3) is 0.278. The molecule has 0 unspecified atom stereocenters. The van der Waals surface area contributed by atoms with Crippen LogP contribution in [-0.2, 0) is 0 Å². The first-order valence-corrected chi connectivity index (χ1v) is 8.71. The van der Waals surface area contributed by atoms with Crippen molar-refractivity contribution in [2.24, 2.45) is 0 Å². The number of amides is 1. The molecule has 0 aliphatic carbocycles. The second kappa shape index (κ2) is 8.64. The summed E-state index contributed by atoms with van der Waals surface area (Å²) >= 11 is 1.29. The molecule has 2 rings (SSSR count). The molecule has 0 radical (unpaired) electrons. The molecule has 7 heteroatoms. The maximum Gasteiger partial charge on any atom is 0.284 e. The standard InChI is InChI=1S/C18H20N2O4S/c1-3-19(10-11-21)18(22)14-6-9-17(16(12-14)20(23)24)25-15-7-4-13(2)5-8-15/h4-9,12,21H,3,10-11H2,1-2H3. The number of nitrogens with zero attached hydrogens (tertiary/aromatic N) is 2. The molecule has 0 saturated heterocycles. The van der Waals surface area contributed by atoms with E-state index in [9.17, 15) is 14.9 Å². The van der Waals surface area contributed by atoms with E-state index in [2.05, 4.69) is 0 Å². The Balaban J connectivity index is 2.32. The maximum atomic E-state index is 12.4. The van der Waals surface area contributed by atoms with E-state index in [4.69, 9.17) is 5.11 Å². The molecule has 6 nitrogen and oxygen atoms in total. The van der Waals surface area contributed by atoms with Crippen molar-refractivity contribution in [1.82, 2.24) is 4.90 Å². The van der Waals surface area contributed by atoms with Crippen LogP contribution >= 0.6 is 11.8 Å². The SMILES string of the molecule is CCN(CCO)C(=O)c1ccc(Sc2ccc(C)cc2)c([N+](=O)[O-])c1. The second-order valence-electron chi connectivity index (χ2n) is 5.46. The van der Waals surface area contributed by atoms with E-state index in [0.717, 1.165) is 10.5 Å². The summed E-state index contributed by atoms with van der Waals surface area (Å²) in [4.78, 5) is 26.2. The van der Waals surface area contributed by atoms with Gasteiger partial charge in [0.15, 0.2) is 0 Å². The number of carbonyl (C=O) groups is 1. The lowest BCUT2D eigenvalue weighted by molar-refractivity contribution is -0.387. The second-order valence-corrected chi connectivity index (χ2v) is 6.58. The minimum Gasteiger partial charge on any atom is -0.395 e. The van der Waals surface area contributed by atoms with Gasteiger partial charge >= 0.3 is 0 Å². The van der Waals surface area contributed by atoms with Crippen molar-refractivity contribution >= 4 is 23.4 Å². The van der Waals surface area contributed by atoms with E-state index in [-0.39, 0.29) is 30.3 Å². The van der Waals surface area contributed by atoms with E-state index in [0.29, 0.717) is 11.4 Å². The number of likely N-dealkylation sites (N-methyl/N-ethyl adjacent to an activating group) is 1. The Labute approximate surface area is 150 Å². The number of rotatable bonds is 7. The highest BCUT2D eigenvalue weighted by molar-refractivity contribution is 7.99. The number of aryl methyl sites for hydroxylation is 1. The van der Waals surface area contributed by atoms with Crippen molar-refractivity contribution in [2.75, 3.05) is 19.7 Å². The molecule has 0 spiro atoms. The number of hydrogen-bond acceptors (Lipinski definition) is 5. The Morgan fingerprint density at radius 2 is 1.92 bits per heavy atom. The number of aliphatic hydroxyl groups is 1. The van der Waals surface area contributed by atoms with E-state index < -0.39 is 4.92 Å². The van der Waals surface area contributed by atoms with Crippen molar-refractivity contribution in [1.29, 1.82) is 0 Å². The van der Waals surface area contributed by atoms with Gasteiger partial charge in [-0.1, -0.05) is 29.5 Å². The normalized spacial score (nSPS) is 10.5. The van der Waals surface area contributed by atoms with Gasteiger partial charge < -0.3 is 10.0 Å². The molecule has 0 atom stereocenters. The molecule has 132 valence electrons. The van der Waals surface area contributed by atoms with Crippen LogP contribution in [0.5, 0.6) is 0 Å². The van der Waals surface area contributed by atoms with Crippen LogP contribution in [0.3, 0.4) is 0 Å². The van der Waals surface area contributed by atoms with Crippen molar-refractivity contribution in [2.45, 2.75) is 23.6 Å². The number of hydrogen-bond donors (Lipinski definition) is 1. The lowest BCUT2D eigenvalue weighted by Crippen LogP contribution is -2.33. The van der Waals surface area contributed by atoms with E-state index in [1.807, 2.05) is 31.2 Å². The van der Waals surface area contributed by atoms with Crippen LogP contribution in [0.25, 0.3) is 0 Å². The van der Waals surface area contributed by atoms with Gasteiger partial charge in [-0.15, -0.1) is 0 Å². The molecular weight excluding hydrogens is 340 g/mol. The first kappa shape index (κ1) is 19.0. The van der Waals surface area contributed by atoms with E-state index in [1.165, 1.54) is 22.7 Å². The molecule has 2 aromatic rings. The lowest BCUT2D eigenvalue weighted by atomic mass is 10.1. The summed E-state index contributed by atoms with van der Waals surface area (Å²) in [6.07, 6.45) is 0. The van der Waals surface area contributed by atoms with Crippen LogP contribution in [0.2, 0.25) is 0 Å². The number of benzene rings is 2. The molecule has 0 fully saturated rings. The quantitative estimate of drug-likeness (QED) is 0.603. The summed E-state index contributed by atoms with van der Waals surface area (Å²) in [7, 11) is 0. The Morgan fingerprint density at radius 3 is 2.48 bits per heavy atom. The summed E-state index contributed by atoms with van der Waals surface area (Å²) in [5.41, 5.74) is 1.26. The van der Waals surface area contributed by atoms with Gasteiger partial charge in [0.05, 0.1) is 16.4 Å². The zero-order valence-corrected chi connectivity index (χ0v) is 15.0. The van der Waals surface area contributed by atoms with Gasteiger partial charge in [-0.05, 0) is 38.1 Å². The van der Waals surface area contributed by atoms with Crippen LogP contribution in [0.15, 0.2) is 52.3 Å². The molecular formula is C18H20N2O4S. The molecule has 1 N–H and O–H groups in total. The van der Waals surface area contributed by atoms with Crippen LogP contribution in [0.4, 0.5) is 5.69 Å². The van der Waals surface area contributed by atoms with Gasteiger partial charge in [0.2, 0.25) is 0 Å². The lowest BCUT2D eigenvalue weighted by Gasteiger charge is -2.19. The molecule has 0 aliphatic heterocycles. The van der Waals surface area contributed by atoms with E-state index >= 15 is 0 Å².